The normalized spacial score (nSPS) is 23.3. The molecule has 2 unspecified atom stereocenters. The molecule has 3 N–H and O–H groups in total. The molecule has 0 saturated carbocycles. The van der Waals surface area contributed by atoms with Crippen molar-refractivity contribution in [2.24, 2.45) is 23.0 Å². The predicted molar refractivity (Wildman–Crippen MR) is 116 cm³/mol. The first-order valence-corrected chi connectivity index (χ1v) is 10.9. The van der Waals surface area contributed by atoms with Crippen molar-refractivity contribution in [2.45, 2.75) is 52.5 Å². The van der Waals surface area contributed by atoms with Crippen molar-refractivity contribution in [3.63, 3.8) is 0 Å². The molecular formula is C22H31N5O4. The highest BCUT2D eigenvalue weighted by Crippen LogP contribution is 2.43. The Morgan fingerprint density at radius 1 is 1.13 bits per heavy atom. The standard InChI is InChI=1S/C22H31N5O4/c1-22(2,3)17-10-14(13-4-7-26(8-5-13)21(29)30)6-9-27(17)20-18-15(24-12-25-20)11-16(31-18)19(23)28/h11-14,17H,4-10H2,1-3H3,(H2,23,28)(H,29,30). The number of fused-ring (bicyclic) bond motifs is 1. The van der Waals surface area contributed by atoms with E-state index in [0.717, 1.165) is 32.2 Å². The zero-order valence-electron chi connectivity index (χ0n) is 18.4. The molecule has 2 aliphatic heterocycles. The number of rotatable bonds is 3. The monoisotopic (exact) mass is 429 g/mol. The molecule has 2 atom stereocenters. The lowest BCUT2D eigenvalue weighted by molar-refractivity contribution is 0.0953. The Kier molecular flexibility index (Phi) is 5.53. The predicted octanol–water partition coefficient (Wildman–Crippen LogP) is 3.34. The molecule has 31 heavy (non-hydrogen) atoms. The van der Waals surface area contributed by atoms with Gasteiger partial charge in [0.1, 0.15) is 11.8 Å². The van der Waals surface area contributed by atoms with Gasteiger partial charge in [-0.1, -0.05) is 20.8 Å². The van der Waals surface area contributed by atoms with Crippen LogP contribution >= 0.6 is 0 Å². The molecule has 2 aromatic heterocycles. The summed E-state index contributed by atoms with van der Waals surface area (Å²) in [7, 11) is 0. The second-order valence-electron chi connectivity index (χ2n) is 9.85. The Morgan fingerprint density at radius 2 is 1.81 bits per heavy atom. The topological polar surface area (TPSA) is 126 Å². The molecule has 0 radical (unpaired) electrons. The number of nitrogens with two attached hydrogens (primary N) is 1. The van der Waals surface area contributed by atoms with Crippen LogP contribution in [0, 0.1) is 17.3 Å². The smallest absolute Gasteiger partial charge is 0.407 e. The highest BCUT2D eigenvalue weighted by molar-refractivity contribution is 5.96. The third kappa shape index (κ3) is 4.18. The Bertz CT molecular complexity index is 974. The van der Waals surface area contributed by atoms with Crippen LogP contribution in [-0.2, 0) is 0 Å². The molecule has 9 heteroatoms. The molecule has 0 aromatic carbocycles. The molecule has 4 rings (SSSR count). The van der Waals surface area contributed by atoms with Crippen LogP contribution in [0.5, 0.6) is 0 Å². The van der Waals surface area contributed by atoms with Gasteiger partial charge in [-0.25, -0.2) is 14.8 Å². The zero-order valence-corrected chi connectivity index (χ0v) is 18.4. The van der Waals surface area contributed by atoms with Crippen molar-refractivity contribution in [3.05, 3.63) is 18.2 Å². The first-order chi connectivity index (χ1) is 14.6. The van der Waals surface area contributed by atoms with E-state index in [0.29, 0.717) is 41.8 Å². The second-order valence-corrected chi connectivity index (χ2v) is 9.85. The van der Waals surface area contributed by atoms with Crippen molar-refractivity contribution in [2.75, 3.05) is 24.5 Å². The van der Waals surface area contributed by atoms with Gasteiger partial charge in [-0.15, -0.1) is 0 Å². The van der Waals surface area contributed by atoms with E-state index in [1.807, 2.05) is 0 Å². The Hall–Kier alpha value is -2.84. The van der Waals surface area contributed by atoms with Crippen molar-refractivity contribution in [1.82, 2.24) is 14.9 Å². The van der Waals surface area contributed by atoms with E-state index in [1.54, 1.807) is 6.07 Å². The van der Waals surface area contributed by atoms with Gasteiger partial charge < -0.3 is 25.1 Å². The molecular weight excluding hydrogens is 398 g/mol. The van der Waals surface area contributed by atoms with E-state index in [2.05, 4.69) is 35.6 Å². The lowest BCUT2D eigenvalue weighted by atomic mass is 9.71. The number of furan rings is 1. The number of piperidine rings is 2. The fraction of sp³-hybridized carbons (Fsp3) is 0.636. The van der Waals surface area contributed by atoms with Gasteiger partial charge in [-0.2, -0.15) is 0 Å². The maximum Gasteiger partial charge on any atom is 0.407 e. The summed E-state index contributed by atoms with van der Waals surface area (Å²) in [4.78, 5) is 35.4. The van der Waals surface area contributed by atoms with E-state index < -0.39 is 12.0 Å². The molecule has 0 bridgehead atoms. The van der Waals surface area contributed by atoms with Crippen LogP contribution in [0.1, 0.15) is 57.0 Å². The lowest BCUT2D eigenvalue weighted by Gasteiger charge is -2.49. The summed E-state index contributed by atoms with van der Waals surface area (Å²) in [6, 6.07) is 1.79. The Morgan fingerprint density at radius 3 is 2.42 bits per heavy atom. The number of hydrogen-bond acceptors (Lipinski definition) is 6. The number of carbonyl (C=O) groups excluding carboxylic acids is 1. The van der Waals surface area contributed by atoms with Gasteiger partial charge in [0.05, 0.1) is 0 Å². The van der Waals surface area contributed by atoms with Crippen LogP contribution in [0.2, 0.25) is 0 Å². The molecule has 2 saturated heterocycles. The third-order valence-electron chi connectivity index (χ3n) is 6.93. The summed E-state index contributed by atoms with van der Waals surface area (Å²) in [6.45, 7) is 8.76. The van der Waals surface area contributed by atoms with E-state index in [1.165, 1.54) is 11.2 Å². The summed E-state index contributed by atoms with van der Waals surface area (Å²) in [5, 5.41) is 9.24. The average Bonchev–Trinajstić information content (AvgIpc) is 3.18. The van der Waals surface area contributed by atoms with Gasteiger partial charge in [0.15, 0.2) is 17.2 Å². The van der Waals surface area contributed by atoms with Gasteiger partial charge >= 0.3 is 6.09 Å². The van der Waals surface area contributed by atoms with Gasteiger partial charge in [0.2, 0.25) is 0 Å². The number of hydrogen-bond donors (Lipinski definition) is 2. The summed E-state index contributed by atoms with van der Waals surface area (Å²) in [5.41, 5.74) is 6.47. The van der Waals surface area contributed by atoms with Crippen molar-refractivity contribution >= 4 is 28.9 Å². The Balaban J connectivity index is 1.58. The second kappa shape index (κ2) is 8.01. The molecule has 9 nitrogen and oxygen atoms in total. The minimum Gasteiger partial charge on any atom is -0.465 e. The largest absolute Gasteiger partial charge is 0.465 e. The van der Waals surface area contributed by atoms with Gasteiger partial charge in [-0.3, -0.25) is 4.79 Å². The average molecular weight is 430 g/mol. The first kappa shape index (κ1) is 21.4. The fourth-order valence-electron chi connectivity index (χ4n) is 5.23. The van der Waals surface area contributed by atoms with Gasteiger partial charge in [0, 0.05) is 31.7 Å². The molecule has 168 valence electrons. The number of primary amides is 1. The quantitative estimate of drug-likeness (QED) is 0.766. The van der Waals surface area contributed by atoms with E-state index in [9.17, 15) is 14.7 Å². The van der Waals surface area contributed by atoms with Crippen LogP contribution in [0.4, 0.5) is 10.6 Å². The SMILES string of the molecule is CC(C)(C)C1CC(C2CCN(C(=O)O)CC2)CCN1c1ncnc2cc(C(N)=O)oc12. The Labute approximate surface area is 181 Å². The van der Waals surface area contributed by atoms with Crippen molar-refractivity contribution in [1.29, 1.82) is 0 Å². The molecule has 4 heterocycles. The minimum atomic E-state index is -0.817. The van der Waals surface area contributed by atoms with Crippen molar-refractivity contribution < 1.29 is 19.1 Å². The van der Waals surface area contributed by atoms with Crippen LogP contribution in [0.3, 0.4) is 0 Å². The number of amides is 2. The van der Waals surface area contributed by atoms with Gasteiger partial charge in [-0.05, 0) is 42.9 Å². The number of carboxylic acid groups (broad SMARTS) is 1. The number of nitrogens with zero attached hydrogens (tertiary/aromatic N) is 4. The van der Waals surface area contributed by atoms with E-state index in [-0.39, 0.29) is 17.2 Å². The molecule has 2 aliphatic rings. The highest BCUT2D eigenvalue weighted by atomic mass is 16.4. The summed E-state index contributed by atoms with van der Waals surface area (Å²) in [5.74, 6) is 1.26. The molecule has 0 aliphatic carbocycles. The third-order valence-corrected chi connectivity index (χ3v) is 6.93. The fourth-order valence-corrected chi connectivity index (χ4v) is 5.23. The summed E-state index contributed by atoms with van der Waals surface area (Å²) in [6.07, 6.45) is 4.56. The lowest BCUT2D eigenvalue weighted by Crippen LogP contribution is -2.52. The number of anilines is 1. The molecule has 0 spiro atoms. The molecule has 2 aromatic rings. The van der Waals surface area contributed by atoms with Crippen LogP contribution in [-0.4, -0.2) is 57.7 Å². The summed E-state index contributed by atoms with van der Waals surface area (Å²) >= 11 is 0. The maximum atomic E-state index is 11.6. The summed E-state index contributed by atoms with van der Waals surface area (Å²) < 4.78 is 5.75. The maximum absolute atomic E-state index is 11.6. The van der Waals surface area contributed by atoms with Gasteiger partial charge in [0.25, 0.3) is 5.91 Å². The molecule has 2 fully saturated rings. The number of likely N-dealkylation sites (tertiary alicyclic amines) is 1. The zero-order chi connectivity index (χ0) is 22.3. The van der Waals surface area contributed by atoms with Crippen LogP contribution < -0.4 is 10.6 Å². The van der Waals surface area contributed by atoms with Crippen molar-refractivity contribution in [3.8, 4) is 0 Å². The highest BCUT2D eigenvalue weighted by Gasteiger charge is 2.41. The minimum absolute atomic E-state index is 0.00316. The van der Waals surface area contributed by atoms with E-state index in [4.69, 9.17) is 10.2 Å². The number of carbonyl (C=O) groups is 2. The van der Waals surface area contributed by atoms with Crippen LogP contribution in [0.25, 0.3) is 11.1 Å². The molecule has 2 amide bonds. The van der Waals surface area contributed by atoms with Crippen LogP contribution in [0.15, 0.2) is 16.8 Å². The number of aromatic nitrogens is 2. The first-order valence-electron chi connectivity index (χ1n) is 10.9. The van der Waals surface area contributed by atoms with E-state index >= 15 is 0 Å².